The third kappa shape index (κ3) is 6.08. The Hall–Kier alpha value is -3.51. The second-order valence-electron chi connectivity index (χ2n) is 7.91. The van der Waals surface area contributed by atoms with Crippen LogP contribution in [0.15, 0.2) is 72.8 Å². The summed E-state index contributed by atoms with van der Waals surface area (Å²) in [4.78, 5) is 17.1. The summed E-state index contributed by atoms with van der Waals surface area (Å²) in [7, 11) is 1.64. The molecule has 1 amide bonds. The molecule has 0 bridgehead atoms. The maximum atomic E-state index is 12.3. The van der Waals surface area contributed by atoms with Gasteiger partial charge in [0.2, 0.25) is 5.91 Å². The van der Waals surface area contributed by atoms with Crippen LogP contribution in [0.2, 0.25) is 5.02 Å². The number of imidazole rings is 1. The van der Waals surface area contributed by atoms with Gasteiger partial charge in [0.1, 0.15) is 23.9 Å². The number of benzene rings is 3. The number of nitrogens with zero attached hydrogens (tertiary/aromatic N) is 2. The van der Waals surface area contributed by atoms with E-state index >= 15 is 0 Å². The van der Waals surface area contributed by atoms with E-state index in [9.17, 15) is 4.79 Å². The molecule has 0 aliphatic heterocycles. The SMILES string of the molecule is COc1ccc(OCCn2c(CCCNC(=O)Cc3ccccc3Cl)nc3ccccc32)cc1. The Morgan fingerprint density at radius 3 is 2.53 bits per heavy atom. The summed E-state index contributed by atoms with van der Waals surface area (Å²) in [5.74, 6) is 2.55. The summed E-state index contributed by atoms with van der Waals surface area (Å²) in [6.45, 7) is 1.78. The highest BCUT2D eigenvalue weighted by Gasteiger charge is 2.11. The van der Waals surface area contributed by atoms with Gasteiger partial charge in [-0.05, 0) is 54.4 Å². The van der Waals surface area contributed by atoms with Crippen molar-refractivity contribution in [1.82, 2.24) is 14.9 Å². The van der Waals surface area contributed by atoms with Gasteiger partial charge < -0.3 is 19.4 Å². The lowest BCUT2D eigenvalue weighted by Crippen LogP contribution is -2.26. The van der Waals surface area contributed by atoms with Crippen molar-refractivity contribution >= 4 is 28.5 Å². The van der Waals surface area contributed by atoms with Gasteiger partial charge in [-0.15, -0.1) is 0 Å². The molecule has 1 aromatic heterocycles. The predicted molar refractivity (Wildman–Crippen MR) is 135 cm³/mol. The van der Waals surface area contributed by atoms with Crippen LogP contribution in [0.4, 0.5) is 0 Å². The van der Waals surface area contributed by atoms with Crippen LogP contribution in [0, 0.1) is 0 Å². The number of rotatable bonds is 11. The smallest absolute Gasteiger partial charge is 0.224 e. The zero-order chi connectivity index (χ0) is 23.8. The van der Waals surface area contributed by atoms with E-state index < -0.39 is 0 Å². The summed E-state index contributed by atoms with van der Waals surface area (Å²) in [6, 6.07) is 23.1. The van der Waals surface area contributed by atoms with Crippen molar-refractivity contribution in [2.45, 2.75) is 25.8 Å². The Morgan fingerprint density at radius 1 is 1.00 bits per heavy atom. The molecule has 0 fully saturated rings. The third-order valence-electron chi connectivity index (χ3n) is 5.58. The Morgan fingerprint density at radius 2 is 1.74 bits per heavy atom. The molecule has 1 N–H and O–H groups in total. The molecule has 34 heavy (non-hydrogen) atoms. The van der Waals surface area contributed by atoms with Crippen molar-refractivity contribution in [3.8, 4) is 11.5 Å². The molecule has 176 valence electrons. The lowest BCUT2D eigenvalue weighted by molar-refractivity contribution is -0.120. The van der Waals surface area contributed by atoms with Crippen molar-refractivity contribution in [2.75, 3.05) is 20.3 Å². The Kier molecular flexibility index (Phi) is 8.04. The van der Waals surface area contributed by atoms with Gasteiger partial charge in [0.05, 0.1) is 31.1 Å². The summed E-state index contributed by atoms with van der Waals surface area (Å²) >= 11 is 6.15. The average Bonchev–Trinajstić information content (AvgIpc) is 3.21. The number of hydrogen-bond donors (Lipinski definition) is 1. The number of hydrogen-bond acceptors (Lipinski definition) is 4. The summed E-state index contributed by atoms with van der Waals surface area (Å²) in [5.41, 5.74) is 2.88. The monoisotopic (exact) mass is 477 g/mol. The molecule has 1 heterocycles. The first-order valence-electron chi connectivity index (χ1n) is 11.3. The van der Waals surface area contributed by atoms with Gasteiger partial charge in [-0.25, -0.2) is 4.98 Å². The number of methoxy groups -OCH3 is 1. The first-order chi connectivity index (χ1) is 16.6. The molecule has 4 rings (SSSR count). The van der Waals surface area contributed by atoms with E-state index in [1.165, 1.54) is 0 Å². The molecule has 0 radical (unpaired) electrons. The Labute approximate surface area is 204 Å². The number of carbonyl (C=O) groups excluding carboxylic acids is 1. The number of halogens is 1. The molecule has 0 aliphatic rings. The number of aromatic nitrogens is 2. The van der Waals surface area contributed by atoms with Gasteiger partial charge >= 0.3 is 0 Å². The van der Waals surface area contributed by atoms with Crippen LogP contribution < -0.4 is 14.8 Å². The zero-order valence-corrected chi connectivity index (χ0v) is 19.9. The van der Waals surface area contributed by atoms with Crippen molar-refractivity contribution in [3.05, 3.63) is 89.2 Å². The van der Waals surface area contributed by atoms with Crippen molar-refractivity contribution < 1.29 is 14.3 Å². The molecule has 6 nitrogen and oxygen atoms in total. The van der Waals surface area contributed by atoms with E-state index in [1.54, 1.807) is 13.2 Å². The Balaban J connectivity index is 1.32. The van der Waals surface area contributed by atoms with Crippen molar-refractivity contribution in [2.24, 2.45) is 0 Å². The molecule has 0 saturated heterocycles. The highest BCUT2D eigenvalue weighted by Crippen LogP contribution is 2.20. The molecule has 3 aromatic carbocycles. The van der Waals surface area contributed by atoms with Crippen LogP contribution in [0.25, 0.3) is 11.0 Å². The number of carbonyl (C=O) groups is 1. The second-order valence-corrected chi connectivity index (χ2v) is 8.32. The van der Waals surface area contributed by atoms with E-state index in [1.807, 2.05) is 60.7 Å². The van der Waals surface area contributed by atoms with Crippen LogP contribution >= 0.6 is 11.6 Å². The molecular weight excluding hydrogens is 450 g/mol. The van der Waals surface area contributed by atoms with Crippen molar-refractivity contribution in [1.29, 1.82) is 0 Å². The minimum absolute atomic E-state index is 0.0329. The van der Waals surface area contributed by atoms with Crippen LogP contribution in [-0.2, 0) is 24.2 Å². The zero-order valence-electron chi connectivity index (χ0n) is 19.2. The lowest BCUT2D eigenvalue weighted by Gasteiger charge is -2.12. The minimum Gasteiger partial charge on any atom is -0.497 e. The number of nitrogens with one attached hydrogen (secondary N) is 1. The molecule has 0 aliphatic carbocycles. The predicted octanol–water partition coefficient (Wildman–Crippen LogP) is 5.07. The number of fused-ring (bicyclic) bond motifs is 1. The standard InChI is InChI=1S/C27H28ClN3O3/c1-33-21-12-14-22(15-13-21)34-18-17-31-25-10-5-4-9-24(25)30-26(31)11-6-16-29-27(32)19-20-7-2-3-8-23(20)28/h2-5,7-10,12-15H,6,11,16-19H2,1H3,(H,29,32). The fourth-order valence-electron chi connectivity index (χ4n) is 3.84. The normalized spacial score (nSPS) is 10.9. The van der Waals surface area contributed by atoms with E-state index in [-0.39, 0.29) is 12.3 Å². The molecule has 4 aromatic rings. The lowest BCUT2D eigenvalue weighted by atomic mass is 10.1. The summed E-state index contributed by atoms with van der Waals surface area (Å²) in [5, 5.41) is 3.60. The van der Waals surface area contributed by atoms with Gasteiger partial charge in [-0.3, -0.25) is 4.79 Å². The topological polar surface area (TPSA) is 65.4 Å². The quantitative estimate of drug-likeness (QED) is 0.306. The van der Waals surface area contributed by atoms with Crippen LogP contribution in [0.3, 0.4) is 0 Å². The highest BCUT2D eigenvalue weighted by molar-refractivity contribution is 6.31. The minimum atomic E-state index is -0.0329. The van der Waals surface area contributed by atoms with Crippen molar-refractivity contribution in [3.63, 3.8) is 0 Å². The van der Waals surface area contributed by atoms with Crippen LogP contribution in [0.1, 0.15) is 17.8 Å². The van der Waals surface area contributed by atoms with Gasteiger partial charge in [-0.1, -0.05) is 41.9 Å². The highest BCUT2D eigenvalue weighted by atomic mass is 35.5. The van der Waals surface area contributed by atoms with E-state index in [4.69, 9.17) is 26.1 Å². The fourth-order valence-corrected chi connectivity index (χ4v) is 4.05. The summed E-state index contributed by atoms with van der Waals surface area (Å²) < 4.78 is 13.3. The molecule has 0 unspecified atom stereocenters. The fraction of sp³-hybridized carbons (Fsp3) is 0.259. The van der Waals surface area contributed by atoms with E-state index in [0.29, 0.717) is 24.7 Å². The van der Waals surface area contributed by atoms with Gasteiger partial charge in [0.15, 0.2) is 0 Å². The molecule has 0 saturated carbocycles. The number of para-hydroxylation sites is 2. The molecule has 0 atom stereocenters. The van der Waals surface area contributed by atoms with Crippen LogP contribution in [0.5, 0.6) is 11.5 Å². The first kappa shape index (κ1) is 23.6. The van der Waals surface area contributed by atoms with Gasteiger partial charge in [0, 0.05) is 18.0 Å². The third-order valence-corrected chi connectivity index (χ3v) is 5.95. The maximum absolute atomic E-state index is 12.3. The number of amides is 1. The number of aryl methyl sites for hydroxylation is 1. The molecule has 0 spiro atoms. The van der Waals surface area contributed by atoms with Gasteiger partial charge in [-0.2, -0.15) is 0 Å². The van der Waals surface area contributed by atoms with E-state index in [0.717, 1.165) is 46.8 Å². The molecular formula is C27H28ClN3O3. The number of ether oxygens (including phenoxy) is 2. The van der Waals surface area contributed by atoms with E-state index in [2.05, 4.69) is 16.0 Å². The molecule has 7 heteroatoms. The second kappa shape index (κ2) is 11.6. The first-order valence-corrected chi connectivity index (χ1v) is 11.7. The maximum Gasteiger partial charge on any atom is 0.224 e. The average molecular weight is 478 g/mol. The van der Waals surface area contributed by atoms with Gasteiger partial charge in [0.25, 0.3) is 0 Å². The summed E-state index contributed by atoms with van der Waals surface area (Å²) in [6.07, 6.45) is 1.82. The van der Waals surface area contributed by atoms with Crippen LogP contribution in [-0.4, -0.2) is 35.7 Å². The largest absolute Gasteiger partial charge is 0.497 e. The Bertz CT molecular complexity index is 1240.